The molecule has 0 fully saturated rings. The topological polar surface area (TPSA) is 40.5 Å². The van der Waals surface area contributed by atoms with E-state index in [1.165, 1.54) is 22.2 Å². The van der Waals surface area contributed by atoms with Gasteiger partial charge in [-0.1, -0.05) is 0 Å². The van der Waals surface area contributed by atoms with Crippen molar-refractivity contribution in [3.63, 3.8) is 0 Å². The molecule has 0 N–H and O–H groups in total. The summed E-state index contributed by atoms with van der Waals surface area (Å²) < 4.78 is 13.0. The molecule has 1 aromatic heterocycles. The van der Waals surface area contributed by atoms with Crippen LogP contribution < -0.4 is 4.74 Å². The van der Waals surface area contributed by atoms with Gasteiger partial charge in [-0.3, -0.25) is 4.79 Å². The van der Waals surface area contributed by atoms with E-state index in [9.17, 15) is 4.79 Å². The van der Waals surface area contributed by atoms with Gasteiger partial charge in [-0.25, -0.2) is 0 Å². The van der Waals surface area contributed by atoms with Gasteiger partial charge in [-0.15, -0.1) is 0 Å². The molecule has 0 amide bonds. The molecule has 4 nitrogen and oxygen atoms in total. The van der Waals surface area contributed by atoms with Crippen LogP contribution in [0.5, 0.6) is 5.75 Å². The van der Waals surface area contributed by atoms with Crippen molar-refractivity contribution in [3.05, 3.63) is 29.5 Å². The number of carbonyl (C=O) groups is 1. The third-order valence-corrected chi connectivity index (χ3v) is 4.61. The van der Waals surface area contributed by atoms with Crippen LogP contribution in [0.1, 0.15) is 31.5 Å². The maximum Gasteiger partial charge on any atom is 0.309 e. The van der Waals surface area contributed by atoms with Crippen molar-refractivity contribution in [1.82, 2.24) is 4.57 Å². The van der Waals surface area contributed by atoms with Crippen LogP contribution in [0.2, 0.25) is 0 Å². The number of benzene rings is 1. The van der Waals surface area contributed by atoms with E-state index in [-0.39, 0.29) is 11.9 Å². The number of hydrogen-bond donors (Lipinski definition) is 0. The summed E-state index contributed by atoms with van der Waals surface area (Å²) >= 11 is 0. The number of aryl methyl sites for hydroxylation is 1. The third kappa shape index (κ3) is 2.36. The predicted octanol–water partition coefficient (Wildman–Crippen LogP) is 3.34. The molecule has 0 bridgehead atoms. The highest BCUT2D eigenvalue weighted by Gasteiger charge is 2.30. The van der Waals surface area contributed by atoms with Gasteiger partial charge in [0.1, 0.15) is 5.75 Å². The molecule has 1 aliphatic carbocycles. The van der Waals surface area contributed by atoms with E-state index in [2.05, 4.69) is 23.6 Å². The summed E-state index contributed by atoms with van der Waals surface area (Å²) in [4.78, 5) is 12.1. The number of hydrogen-bond acceptors (Lipinski definition) is 3. The van der Waals surface area contributed by atoms with Crippen LogP contribution in [-0.2, 0) is 28.9 Å². The fourth-order valence-corrected chi connectivity index (χ4v) is 3.58. The highest BCUT2D eigenvalue weighted by molar-refractivity contribution is 5.88. The van der Waals surface area contributed by atoms with Gasteiger partial charge in [0.2, 0.25) is 0 Å². The number of fused-ring (bicyclic) bond motifs is 3. The van der Waals surface area contributed by atoms with Crippen molar-refractivity contribution in [2.45, 2.75) is 39.7 Å². The molecule has 0 saturated carbocycles. The van der Waals surface area contributed by atoms with Crippen molar-refractivity contribution >= 4 is 16.9 Å². The van der Waals surface area contributed by atoms with Gasteiger partial charge >= 0.3 is 5.97 Å². The molecule has 0 aliphatic heterocycles. The molecular weight excluding hydrogens is 278 g/mol. The number of ether oxygens (including phenoxy) is 2. The molecule has 1 atom stereocenters. The largest absolute Gasteiger partial charge is 0.497 e. The van der Waals surface area contributed by atoms with Crippen molar-refractivity contribution in [2.75, 3.05) is 13.7 Å². The van der Waals surface area contributed by atoms with Gasteiger partial charge in [0.15, 0.2) is 0 Å². The first-order valence-electron chi connectivity index (χ1n) is 8.04. The van der Waals surface area contributed by atoms with E-state index in [0.29, 0.717) is 6.61 Å². The Bertz CT molecular complexity index is 702. The highest BCUT2D eigenvalue weighted by Crippen LogP contribution is 2.36. The molecule has 4 heteroatoms. The standard InChI is InChI=1S/C18H23NO3/c1-4-19-16-8-6-12(18(20)22-5-2)10-14(16)15-11-13(21-3)7-9-17(15)19/h7,9,11-12H,4-6,8,10H2,1-3H3. The van der Waals surface area contributed by atoms with E-state index in [1.807, 2.05) is 13.0 Å². The summed E-state index contributed by atoms with van der Waals surface area (Å²) in [6.07, 6.45) is 2.58. The summed E-state index contributed by atoms with van der Waals surface area (Å²) in [5.74, 6) is 0.782. The molecular formula is C18H23NO3. The molecule has 0 spiro atoms. The molecule has 3 rings (SSSR count). The Morgan fingerprint density at radius 1 is 1.36 bits per heavy atom. The maximum atomic E-state index is 12.1. The van der Waals surface area contributed by atoms with Gasteiger partial charge in [0.05, 0.1) is 19.6 Å². The minimum absolute atomic E-state index is 0.0189. The minimum Gasteiger partial charge on any atom is -0.497 e. The van der Waals surface area contributed by atoms with Crippen molar-refractivity contribution in [3.8, 4) is 5.75 Å². The van der Waals surface area contributed by atoms with Crippen LogP contribution in [0, 0.1) is 5.92 Å². The summed E-state index contributed by atoms with van der Waals surface area (Å²) in [6.45, 7) is 5.43. The smallest absolute Gasteiger partial charge is 0.309 e. The molecule has 1 heterocycles. The Hall–Kier alpha value is -1.97. The molecule has 118 valence electrons. The van der Waals surface area contributed by atoms with E-state index < -0.39 is 0 Å². The Morgan fingerprint density at radius 3 is 2.86 bits per heavy atom. The molecule has 1 aromatic carbocycles. The molecule has 0 radical (unpaired) electrons. The lowest BCUT2D eigenvalue weighted by Crippen LogP contribution is -2.25. The van der Waals surface area contributed by atoms with Gasteiger partial charge in [-0.2, -0.15) is 0 Å². The Kier molecular flexibility index (Phi) is 4.10. The Balaban J connectivity index is 2.06. The lowest BCUT2D eigenvalue weighted by Gasteiger charge is -2.22. The summed E-state index contributed by atoms with van der Waals surface area (Å²) in [5, 5.41) is 1.21. The molecule has 22 heavy (non-hydrogen) atoms. The quantitative estimate of drug-likeness (QED) is 0.813. The number of methoxy groups -OCH3 is 1. The first kappa shape index (κ1) is 14.9. The van der Waals surface area contributed by atoms with Crippen molar-refractivity contribution in [1.29, 1.82) is 0 Å². The maximum absolute atomic E-state index is 12.1. The summed E-state index contributed by atoms with van der Waals surface area (Å²) in [6, 6.07) is 6.21. The van der Waals surface area contributed by atoms with Crippen molar-refractivity contribution in [2.24, 2.45) is 5.92 Å². The number of nitrogens with zero attached hydrogens (tertiary/aromatic N) is 1. The minimum atomic E-state index is -0.0616. The zero-order valence-electron chi connectivity index (χ0n) is 13.5. The lowest BCUT2D eigenvalue weighted by molar-refractivity contribution is -0.148. The predicted molar refractivity (Wildman–Crippen MR) is 86.3 cm³/mol. The average Bonchev–Trinajstić information content (AvgIpc) is 2.87. The molecule has 0 saturated heterocycles. The van der Waals surface area contributed by atoms with Crippen LogP contribution in [-0.4, -0.2) is 24.3 Å². The average molecular weight is 301 g/mol. The first-order valence-corrected chi connectivity index (χ1v) is 8.04. The first-order chi connectivity index (χ1) is 10.7. The van der Waals surface area contributed by atoms with Gasteiger partial charge in [0, 0.05) is 23.1 Å². The fraction of sp³-hybridized carbons (Fsp3) is 0.500. The van der Waals surface area contributed by atoms with Gasteiger partial charge < -0.3 is 14.0 Å². The van der Waals surface area contributed by atoms with Crippen LogP contribution in [0.15, 0.2) is 18.2 Å². The van der Waals surface area contributed by atoms with Crippen LogP contribution in [0.25, 0.3) is 10.9 Å². The lowest BCUT2D eigenvalue weighted by atomic mass is 9.86. The second kappa shape index (κ2) is 6.03. The van der Waals surface area contributed by atoms with Crippen LogP contribution in [0.3, 0.4) is 0 Å². The fourth-order valence-electron chi connectivity index (χ4n) is 3.58. The van der Waals surface area contributed by atoms with Crippen LogP contribution >= 0.6 is 0 Å². The summed E-state index contributed by atoms with van der Waals surface area (Å²) in [5.41, 5.74) is 3.89. The number of esters is 1. The SMILES string of the molecule is CCOC(=O)C1CCc2c(c3cc(OC)ccc3n2CC)C1. The number of carbonyl (C=O) groups excluding carboxylic acids is 1. The van der Waals surface area contributed by atoms with E-state index in [4.69, 9.17) is 9.47 Å². The van der Waals surface area contributed by atoms with Crippen molar-refractivity contribution < 1.29 is 14.3 Å². The van der Waals surface area contributed by atoms with E-state index in [0.717, 1.165) is 31.6 Å². The zero-order chi connectivity index (χ0) is 15.7. The zero-order valence-corrected chi connectivity index (χ0v) is 13.5. The Labute approximate surface area is 131 Å². The number of rotatable bonds is 4. The van der Waals surface area contributed by atoms with Gasteiger partial charge in [0.25, 0.3) is 0 Å². The van der Waals surface area contributed by atoms with Gasteiger partial charge in [-0.05, 0) is 56.9 Å². The molecule has 2 aromatic rings. The second-order valence-electron chi connectivity index (χ2n) is 5.74. The number of aromatic nitrogens is 1. The van der Waals surface area contributed by atoms with E-state index in [1.54, 1.807) is 7.11 Å². The normalized spacial score (nSPS) is 17.3. The second-order valence-corrected chi connectivity index (χ2v) is 5.74. The molecule has 1 unspecified atom stereocenters. The third-order valence-electron chi connectivity index (χ3n) is 4.61. The molecule has 1 aliphatic rings. The summed E-state index contributed by atoms with van der Waals surface area (Å²) in [7, 11) is 1.69. The Morgan fingerprint density at radius 2 is 2.18 bits per heavy atom. The monoisotopic (exact) mass is 301 g/mol. The van der Waals surface area contributed by atoms with Crippen LogP contribution in [0.4, 0.5) is 0 Å². The van der Waals surface area contributed by atoms with E-state index >= 15 is 0 Å². The highest BCUT2D eigenvalue weighted by atomic mass is 16.5.